The van der Waals surface area contributed by atoms with Crippen LogP contribution in [0.4, 0.5) is 0 Å². The summed E-state index contributed by atoms with van der Waals surface area (Å²) in [6, 6.07) is 0. The van der Waals surface area contributed by atoms with Crippen LogP contribution in [0.15, 0.2) is 0 Å². The van der Waals surface area contributed by atoms with Crippen LogP contribution in [0.25, 0.3) is 0 Å². The minimum atomic E-state index is -3.12. The Bertz CT molecular complexity index is 515. The van der Waals surface area contributed by atoms with Crippen molar-refractivity contribution in [2.45, 2.75) is 51.0 Å². The standard InChI is InChI=1S/C14H24N2O4S/c1-2-10-4-3-5-11(10)12(17)16-14(13(15)18)6-8-21(19,20)9-7-14/h10-11H,2-9H2,1H3,(H2,15,18)(H,16,17). The van der Waals surface area contributed by atoms with Crippen LogP contribution in [0, 0.1) is 11.8 Å². The van der Waals surface area contributed by atoms with Crippen molar-refractivity contribution in [1.82, 2.24) is 5.32 Å². The summed E-state index contributed by atoms with van der Waals surface area (Å²) in [5.74, 6) is -0.697. The molecule has 1 saturated carbocycles. The first-order chi connectivity index (χ1) is 9.80. The third-order valence-electron chi connectivity index (χ3n) is 5.03. The molecule has 1 aliphatic heterocycles. The van der Waals surface area contributed by atoms with Crippen molar-refractivity contribution < 1.29 is 18.0 Å². The van der Waals surface area contributed by atoms with Gasteiger partial charge in [0.15, 0.2) is 9.84 Å². The number of amides is 2. The van der Waals surface area contributed by atoms with Gasteiger partial charge in [0.25, 0.3) is 0 Å². The maximum absolute atomic E-state index is 12.5. The van der Waals surface area contributed by atoms with Crippen molar-refractivity contribution in [3.63, 3.8) is 0 Å². The van der Waals surface area contributed by atoms with E-state index >= 15 is 0 Å². The summed E-state index contributed by atoms with van der Waals surface area (Å²) in [6.45, 7) is 2.06. The van der Waals surface area contributed by atoms with Gasteiger partial charge in [0.1, 0.15) is 5.54 Å². The van der Waals surface area contributed by atoms with Crippen molar-refractivity contribution >= 4 is 21.7 Å². The SMILES string of the molecule is CCC1CCCC1C(=O)NC1(C(N)=O)CCS(=O)(=O)CC1. The highest BCUT2D eigenvalue weighted by atomic mass is 32.2. The molecular formula is C14H24N2O4S. The molecule has 1 heterocycles. The van der Waals surface area contributed by atoms with Crippen LogP contribution in [0.2, 0.25) is 0 Å². The molecule has 1 saturated heterocycles. The Morgan fingerprint density at radius 3 is 2.38 bits per heavy atom. The summed E-state index contributed by atoms with van der Waals surface area (Å²) in [5, 5.41) is 2.80. The summed E-state index contributed by atoms with van der Waals surface area (Å²) in [5.41, 5.74) is 4.27. The number of hydrogen-bond donors (Lipinski definition) is 2. The van der Waals surface area contributed by atoms with E-state index in [1.807, 2.05) is 0 Å². The molecule has 1 aliphatic carbocycles. The lowest BCUT2D eigenvalue weighted by Gasteiger charge is -2.36. The van der Waals surface area contributed by atoms with Crippen molar-refractivity contribution in [2.75, 3.05) is 11.5 Å². The second kappa shape index (κ2) is 5.94. The first-order valence-electron chi connectivity index (χ1n) is 7.62. The second-order valence-corrected chi connectivity index (χ2v) is 8.60. The van der Waals surface area contributed by atoms with Crippen LogP contribution < -0.4 is 11.1 Å². The maximum atomic E-state index is 12.5. The average molecular weight is 316 g/mol. The van der Waals surface area contributed by atoms with E-state index < -0.39 is 21.3 Å². The maximum Gasteiger partial charge on any atom is 0.243 e. The molecule has 2 rings (SSSR count). The van der Waals surface area contributed by atoms with Gasteiger partial charge in [-0.15, -0.1) is 0 Å². The highest BCUT2D eigenvalue weighted by Gasteiger charge is 2.45. The van der Waals surface area contributed by atoms with Crippen LogP contribution in [0.1, 0.15) is 45.4 Å². The Morgan fingerprint density at radius 2 is 1.86 bits per heavy atom. The van der Waals surface area contributed by atoms with E-state index in [1.54, 1.807) is 0 Å². The van der Waals surface area contributed by atoms with Crippen molar-refractivity contribution in [2.24, 2.45) is 17.6 Å². The van der Waals surface area contributed by atoms with E-state index in [2.05, 4.69) is 12.2 Å². The minimum absolute atomic E-state index is 0.0789. The predicted octanol–water partition coefficient (Wildman–Crippen LogP) is 0.362. The van der Waals surface area contributed by atoms with Crippen LogP contribution in [-0.4, -0.2) is 37.3 Å². The molecule has 0 aromatic rings. The Kier molecular flexibility index (Phi) is 4.60. The molecule has 0 radical (unpaired) electrons. The molecule has 0 spiro atoms. The number of nitrogens with one attached hydrogen (secondary N) is 1. The molecular weight excluding hydrogens is 292 g/mol. The van der Waals surface area contributed by atoms with Gasteiger partial charge in [0.05, 0.1) is 11.5 Å². The molecule has 0 aromatic heterocycles. The molecule has 0 bridgehead atoms. The van der Waals surface area contributed by atoms with Gasteiger partial charge in [-0.25, -0.2) is 8.42 Å². The third kappa shape index (κ3) is 3.39. The highest BCUT2D eigenvalue weighted by Crippen LogP contribution is 2.35. The van der Waals surface area contributed by atoms with Crippen LogP contribution in [0.3, 0.4) is 0 Å². The first-order valence-corrected chi connectivity index (χ1v) is 9.44. The summed E-state index contributed by atoms with van der Waals surface area (Å²) in [4.78, 5) is 24.3. The molecule has 7 heteroatoms. The number of nitrogens with two attached hydrogens (primary N) is 1. The summed E-state index contributed by atoms with van der Waals surface area (Å²) in [7, 11) is -3.12. The molecule has 2 amide bonds. The summed E-state index contributed by atoms with van der Waals surface area (Å²) < 4.78 is 23.1. The third-order valence-corrected chi connectivity index (χ3v) is 6.69. The monoisotopic (exact) mass is 316 g/mol. The number of carbonyl (C=O) groups is 2. The Hall–Kier alpha value is -1.11. The fraction of sp³-hybridized carbons (Fsp3) is 0.857. The van der Waals surface area contributed by atoms with Gasteiger partial charge in [-0.3, -0.25) is 9.59 Å². The van der Waals surface area contributed by atoms with Crippen LogP contribution in [-0.2, 0) is 19.4 Å². The highest BCUT2D eigenvalue weighted by molar-refractivity contribution is 7.91. The fourth-order valence-corrected chi connectivity index (χ4v) is 5.04. The lowest BCUT2D eigenvalue weighted by Crippen LogP contribution is -2.62. The molecule has 21 heavy (non-hydrogen) atoms. The Labute approximate surface area is 125 Å². The summed E-state index contributed by atoms with van der Waals surface area (Å²) in [6.07, 6.45) is 3.99. The Morgan fingerprint density at radius 1 is 1.24 bits per heavy atom. The molecule has 3 N–H and O–H groups in total. The van der Waals surface area contributed by atoms with Gasteiger partial charge >= 0.3 is 0 Å². The van der Waals surface area contributed by atoms with Gasteiger partial charge in [-0.1, -0.05) is 19.8 Å². The molecule has 2 fully saturated rings. The minimum Gasteiger partial charge on any atom is -0.368 e. The van der Waals surface area contributed by atoms with E-state index in [4.69, 9.17) is 5.73 Å². The van der Waals surface area contributed by atoms with Gasteiger partial charge in [0, 0.05) is 5.92 Å². The van der Waals surface area contributed by atoms with Crippen molar-refractivity contribution in [1.29, 1.82) is 0 Å². The lowest BCUT2D eigenvalue weighted by atomic mass is 9.88. The molecule has 0 aromatic carbocycles. The molecule has 120 valence electrons. The smallest absolute Gasteiger partial charge is 0.243 e. The van der Waals surface area contributed by atoms with E-state index in [1.165, 1.54) is 0 Å². The first kappa shape index (κ1) is 16.3. The van der Waals surface area contributed by atoms with Crippen molar-refractivity contribution in [3.8, 4) is 0 Å². The zero-order chi connectivity index (χ0) is 15.7. The topological polar surface area (TPSA) is 106 Å². The number of rotatable bonds is 4. The normalized spacial score (nSPS) is 30.7. The number of primary amides is 1. The largest absolute Gasteiger partial charge is 0.368 e. The number of sulfone groups is 1. The van der Waals surface area contributed by atoms with Crippen LogP contribution >= 0.6 is 0 Å². The van der Waals surface area contributed by atoms with E-state index in [0.717, 1.165) is 25.7 Å². The van der Waals surface area contributed by atoms with Gasteiger partial charge < -0.3 is 11.1 Å². The number of carbonyl (C=O) groups excluding carboxylic acids is 2. The zero-order valence-corrected chi connectivity index (χ0v) is 13.2. The number of hydrogen-bond acceptors (Lipinski definition) is 4. The second-order valence-electron chi connectivity index (χ2n) is 6.29. The van der Waals surface area contributed by atoms with Gasteiger partial charge in [0.2, 0.25) is 11.8 Å². The molecule has 2 atom stereocenters. The predicted molar refractivity (Wildman–Crippen MR) is 79.1 cm³/mol. The van der Waals surface area contributed by atoms with Crippen LogP contribution in [0.5, 0.6) is 0 Å². The van der Waals surface area contributed by atoms with E-state index in [0.29, 0.717) is 5.92 Å². The average Bonchev–Trinajstić information content (AvgIpc) is 2.89. The van der Waals surface area contributed by atoms with Gasteiger partial charge in [-0.05, 0) is 31.6 Å². The summed E-state index contributed by atoms with van der Waals surface area (Å²) >= 11 is 0. The van der Waals surface area contributed by atoms with Gasteiger partial charge in [-0.2, -0.15) is 0 Å². The van der Waals surface area contributed by atoms with E-state index in [9.17, 15) is 18.0 Å². The molecule has 2 aliphatic rings. The Balaban J connectivity index is 2.10. The molecule has 6 nitrogen and oxygen atoms in total. The fourth-order valence-electron chi connectivity index (χ4n) is 3.52. The lowest BCUT2D eigenvalue weighted by molar-refractivity contribution is -0.134. The van der Waals surface area contributed by atoms with Crippen molar-refractivity contribution in [3.05, 3.63) is 0 Å². The quantitative estimate of drug-likeness (QED) is 0.781. The molecule has 2 unspecified atom stereocenters. The van der Waals surface area contributed by atoms with E-state index in [-0.39, 0.29) is 36.2 Å². The zero-order valence-electron chi connectivity index (χ0n) is 12.4.